The van der Waals surface area contributed by atoms with Crippen LogP contribution in [0.4, 0.5) is 10.5 Å². The Morgan fingerprint density at radius 3 is 2.55 bits per heavy atom. The van der Waals surface area contributed by atoms with Gasteiger partial charge in [0.15, 0.2) is 0 Å². The molecule has 114 valence electrons. The zero-order valence-corrected chi connectivity index (χ0v) is 12.4. The Bertz CT molecular complexity index is 658. The molecule has 2 aromatic rings. The van der Waals surface area contributed by atoms with Crippen molar-refractivity contribution in [3.63, 3.8) is 0 Å². The second-order valence-electron chi connectivity index (χ2n) is 4.88. The number of methoxy groups -OCH3 is 2. The molecule has 22 heavy (non-hydrogen) atoms. The van der Waals surface area contributed by atoms with Gasteiger partial charge in [-0.1, -0.05) is 0 Å². The molecule has 0 aliphatic carbocycles. The predicted octanol–water partition coefficient (Wildman–Crippen LogP) is 2.04. The lowest BCUT2D eigenvalue weighted by molar-refractivity contribution is 0.212. The lowest BCUT2D eigenvalue weighted by Gasteiger charge is -2.17. The third-order valence-corrected chi connectivity index (χ3v) is 3.47. The van der Waals surface area contributed by atoms with E-state index in [1.54, 1.807) is 43.5 Å². The van der Waals surface area contributed by atoms with Gasteiger partial charge in [0.1, 0.15) is 17.8 Å². The maximum Gasteiger partial charge on any atom is 0.322 e. The fourth-order valence-electron chi connectivity index (χ4n) is 2.33. The lowest BCUT2D eigenvalue weighted by atomic mass is 10.3. The molecule has 0 radical (unpaired) electrons. The van der Waals surface area contributed by atoms with Crippen molar-refractivity contribution in [2.24, 2.45) is 0 Å². The van der Waals surface area contributed by atoms with E-state index < -0.39 is 0 Å². The Morgan fingerprint density at radius 1 is 1.18 bits per heavy atom. The zero-order chi connectivity index (χ0) is 15.5. The number of carbonyl (C=O) groups excluding carboxylic acids is 1. The van der Waals surface area contributed by atoms with E-state index in [2.05, 4.69) is 15.3 Å². The average molecular weight is 300 g/mol. The Kier molecular flexibility index (Phi) is 3.78. The monoisotopic (exact) mass is 300 g/mol. The molecule has 1 aliphatic rings. The smallest absolute Gasteiger partial charge is 0.322 e. The molecular weight excluding hydrogens is 284 g/mol. The minimum absolute atomic E-state index is 0.201. The van der Waals surface area contributed by atoms with Crippen molar-refractivity contribution in [1.82, 2.24) is 14.9 Å². The first-order valence-corrected chi connectivity index (χ1v) is 6.76. The standard InChI is InChI=1S/C15H16N4O3/c1-21-12-3-11(4-13(5-12)22-2)18-15(20)19-7-10-6-16-9-17-14(10)8-19/h3-6,9H,7-8H2,1-2H3,(H,18,20). The molecule has 7 nitrogen and oxygen atoms in total. The van der Waals surface area contributed by atoms with Gasteiger partial charge in [-0.3, -0.25) is 0 Å². The molecule has 1 aromatic heterocycles. The Morgan fingerprint density at radius 2 is 1.91 bits per heavy atom. The van der Waals surface area contributed by atoms with E-state index in [0.717, 1.165) is 11.3 Å². The van der Waals surface area contributed by atoms with E-state index in [9.17, 15) is 4.79 Å². The first-order chi connectivity index (χ1) is 10.7. The van der Waals surface area contributed by atoms with Crippen molar-refractivity contribution in [3.05, 3.63) is 42.0 Å². The number of nitrogens with zero attached hydrogens (tertiary/aromatic N) is 3. The zero-order valence-electron chi connectivity index (χ0n) is 12.4. The van der Waals surface area contributed by atoms with Gasteiger partial charge in [0.05, 0.1) is 33.0 Å². The van der Waals surface area contributed by atoms with E-state index in [-0.39, 0.29) is 6.03 Å². The van der Waals surface area contributed by atoms with Crippen LogP contribution in [0.5, 0.6) is 11.5 Å². The number of urea groups is 1. The van der Waals surface area contributed by atoms with Crippen LogP contribution in [0.15, 0.2) is 30.7 Å². The number of carbonyl (C=O) groups is 1. The highest BCUT2D eigenvalue weighted by Crippen LogP contribution is 2.27. The van der Waals surface area contributed by atoms with Crippen LogP contribution in [0, 0.1) is 0 Å². The Labute approximate surface area is 127 Å². The molecule has 3 rings (SSSR count). The molecule has 0 saturated carbocycles. The van der Waals surface area contributed by atoms with Crippen LogP contribution in [0.1, 0.15) is 11.3 Å². The van der Waals surface area contributed by atoms with Gasteiger partial charge in [-0.15, -0.1) is 0 Å². The fourth-order valence-corrected chi connectivity index (χ4v) is 2.33. The number of rotatable bonds is 3. The number of nitrogens with one attached hydrogen (secondary N) is 1. The van der Waals surface area contributed by atoms with Crippen LogP contribution in [0.3, 0.4) is 0 Å². The molecule has 1 aliphatic heterocycles. The fraction of sp³-hybridized carbons (Fsp3) is 0.267. The van der Waals surface area contributed by atoms with Crippen LogP contribution in [-0.4, -0.2) is 35.1 Å². The van der Waals surface area contributed by atoms with E-state index in [4.69, 9.17) is 9.47 Å². The number of anilines is 1. The minimum Gasteiger partial charge on any atom is -0.497 e. The number of fused-ring (bicyclic) bond motifs is 1. The summed E-state index contributed by atoms with van der Waals surface area (Å²) < 4.78 is 10.4. The summed E-state index contributed by atoms with van der Waals surface area (Å²) in [7, 11) is 3.13. The number of benzene rings is 1. The van der Waals surface area contributed by atoms with E-state index in [0.29, 0.717) is 30.3 Å². The summed E-state index contributed by atoms with van der Waals surface area (Å²) in [6.07, 6.45) is 3.23. The quantitative estimate of drug-likeness (QED) is 0.938. The highest BCUT2D eigenvalue weighted by atomic mass is 16.5. The Balaban J connectivity index is 1.73. The van der Waals surface area contributed by atoms with Gasteiger partial charge in [0.2, 0.25) is 0 Å². The van der Waals surface area contributed by atoms with Crippen LogP contribution in [0.2, 0.25) is 0 Å². The average Bonchev–Trinajstić information content (AvgIpc) is 2.98. The molecule has 1 N–H and O–H groups in total. The van der Waals surface area contributed by atoms with Gasteiger partial charge in [-0.2, -0.15) is 0 Å². The minimum atomic E-state index is -0.201. The maximum atomic E-state index is 12.4. The van der Waals surface area contributed by atoms with Crippen LogP contribution in [0.25, 0.3) is 0 Å². The first kappa shape index (κ1) is 14.1. The van der Waals surface area contributed by atoms with Crippen LogP contribution in [-0.2, 0) is 13.1 Å². The second kappa shape index (κ2) is 5.88. The van der Waals surface area contributed by atoms with Gasteiger partial charge in [0, 0.05) is 35.6 Å². The van der Waals surface area contributed by atoms with E-state index >= 15 is 0 Å². The van der Waals surface area contributed by atoms with E-state index in [1.807, 2.05) is 0 Å². The van der Waals surface area contributed by atoms with Crippen molar-refractivity contribution >= 4 is 11.7 Å². The summed E-state index contributed by atoms with van der Waals surface area (Å²) in [6.45, 7) is 0.980. The molecular formula is C15H16N4O3. The third-order valence-electron chi connectivity index (χ3n) is 3.47. The normalized spacial score (nSPS) is 12.7. The molecule has 0 atom stereocenters. The first-order valence-electron chi connectivity index (χ1n) is 6.76. The van der Waals surface area contributed by atoms with Crippen molar-refractivity contribution in [3.8, 4) is 11.5 Å². The molecule has 0 saturated heterocycles. The highest BCUT2D eigenvalue weighted by molar-refractivity contribution is 5.90. The van der Waals surface area contributed by atoms with Gasteiger partial charge in [-0.05, 0) is 0 Å². The van der Waals surface area contributed by atoms with Gasteiger partial charge >= 0.3 is 6.03 Å². The number of hydrogen-bond acceptors (Lipinski definition) is 5. The number of hydrogen-bond donors (Lipinski definition) is 1. The van der Waals surface area contributed by atoms with Crippen LogP contribution >= 0.6 is 0 Å². The molecule has 1 aromatic carbocycles. The summed E-state index contributed by atoms with van der Waals surface area (Å²) in [5.74, 6) is 1.23. The number of amides is 2. The SMILES string of the molecule is COc1cc(NC(=O)N2Cc3cncnc3C2)cc(OC)c1. The van der Waals surface area contributed by atoms with Crippen molar-refractivity contribution in [1.29, 1.82) is 0 Å². The summed E-state index contributed by atoms with van der Waals surface area (Å²) in [5, 5.41) is 2.85. The maximum absolute atomic E-state index is 12.4. The molecule has 2 heterocycles. The summed E-state index contributed by atoms with van der Waals surface area (Å²) in [4.78, 5) is 22.2. The topological polar surface area (TPSA) is 76.6 Å². The van der Waals surface area contributed by atoms with Gasteiger partial charge in [0.25, 0.3) is 0 Å². The van der Waals surface area contributed by atoms with Crippen molar-refractivity contribution in [2.75, 3.05) is 19.5 Å². The third kappa shape index (κ3) is 2.78. The molecule has 0 spiro atoms. The lowest BCUT2D eigenvalue weighted by Crippen LogP contribution is -2.30. The molecule has 0 fully saturated rings. The van der Waals surface area contributed by atoms with Gasteiger partial charge in [-0.25, -0.2) is 14.8 Å². The summed E-state index contributed by atoms with van der Waals surface area (Å²) in [6, 6.07) is 5.03. The van der Waals surface area contributed by atoms with Gasteiger partial charge < -0.3 is 19.7 Å². The molecule has 7 heteroatoms. The molecule has 2 amide bonds. The predicted molar refractivity (Wildman–Crippen MR) is 79.8 cm³/mol. The summed E-state index contributed by atoms with van der Waals surface area (Å²) in [5.41, 5.74) is 2.47. The largest absolute Gasteiger partial charge is 0.497 e. The number of ether oxygens (including phenoxy) is 2. The molecule has 0 unspecified atom stereocenters. The Hall–Kier alpha value is -2.83. The highest BCUT2D eigenvalue weighted by Gasteiger charge is 2.24. The summed E-state index contributed by atoms with van der Waals surface area (Å²) >= 11 is 0. The number of aromatic nitrogens is 2. The van der Waals surface area contributed by atoms with Crippen molar-refractivity contribution < 1.29 is 14.3 Å². The molecule has 0 bridgehead atoms. The van der Waals surface area contributed by atoms with E-state index in [1.165, 1.54) is 6.33 Å². The van der Waals surface area contributed by atoms with Crippen LogP contribution < -0.4 is 14.8 Å². The van der Waals surface area contributed by atoms with Crippen molar-refractivity contribution in [2.45, 2.75) is 13.1 Å². The second-order valence-corrected chi connectivity index (χ2v) is 4.88.